The molecule has 0 fully saturated rings. The summed E-state index contributed by atoms with van der Waals surface area (Å²) in [5.74, 6) is -2.41. The number of anilines is 1. The third-order valence-corrected chi connectivity index (χ3v) is 3.36. The van der Waals surface area contributed by atoms with E-state index in [1.807, 2.05) is 0 Å². The zero-order valence-electron chi connectivity index (χ0n) is 12.0. The molecule has 1 amide bonds. The fourth-order valence-corrected chi connectivity index (χ4v) is 2.13. The molecular formula is C16H12ClNO5. The molecule has 0 atom stereocenters. The number of carbonyl (C=O) groups is 3. The third-order valence-electron chi connectivity index (χ3n) is 3.03. The molecule has 6 nitrogen and oxygen atoms in total. The molecule has 0 radical (unpaired) electrons. The number of carboxylic acids is 1. The predicted octanol–water partition coefficient (Wildman–Crippen LogP) is 3.08. The van der Waals surface area contributed by atoms with Crippen LogP contribution < -0.4 is 5.32 Å². The second-order valence-electron chi connectivity index (χ2n) is 4.49. The van der Waals surface area contributed by atoms with E-state index in [0.29, 0.717) is 0 Å². The van der Waals surface area contributed by atoms with Gasteiger partial charge in [0.1, 0.15) is 0 Å². The van der Waals surface area contributed by atoms with Crippen LogP contribution in [0.3, 0.4) is 0 Å². The highest BCUT2D eigenvalue weighted by molar-refractivity contribution is 6.33. The van der Waals surface area contributed by atoms with Crippen LogP contribution in [0, 0.1) is 0 Å². The van der Waals surface area contributed by atoms with Gasteiger partial charge in [-0.1, -0.05) is 23.7 Å². The van der Waals surface area contributed by atoms with Gasteiger partial charge in [0.05, 0.1) is 28.8 Å². The first-order valence-electron chi connectivity index (χ1n) is 6.45. The molecule has 2 N–H and O–H groups in total. The number of aromatic carboxylic acids is 1. The third kappa shape index (κ3) is 3.67. The summed E-state index contributed by atoms with van der Waals surface area (Å²) in [7, 11) is 1.22. The van der Waals surface area contributed by atoms with Gasteiger partial charge < -0.3 is 15.2 Å². The van der Waals surface area contributed by atoms with Crippen molar-refractivity contribution in [2.75, 3.05) is 12.4 Å². The van der Waals surface area contributed by atoms with Crippen LogP contribution in [0.1, 0.15) is 31.1 Å². The Labute approximate surface area is 136 Å². The van der Waals surface area contributed by atoms with E-state index in [1.54, 1.807) is 12.1 Å². The number of nitrogens with one attached hydrogen (secondary N) is 1. The van der Waals surface area contributed by atoms with Gasteiger partial charge in [-0.15, -0.1) is 0 Å². The summed E-state index contributed by atoms with van der Waals surface area (Å²) in [6.07, 6.45) is 0. The van der Waals surface area contributed by atoms with Gasteiger partial charge in [0.25, 0.3) is 5.91 Å². The number of esters is 1. The minimum absolute atomic E-state index is 0.0606. The van der Waals surface area contributed by atoms with E-state index in [9.17, 15) is 14.4 Å². The molecule has 23 heavy (non-hydrogen) atoms. The Balaban J connectivity index is 2.32. The van der Waals surface area contributed by atoms with E-state index in [4.69, 9.17) is 16.7 Å². The number of amides is 1. The Morgan fingerprint density at radius 1 is 1.04 bits per heavy atom. The van der Waals surface area contributed by atoms with Crippen molar-refractivity contribution in [2.24, 2.45) is 0 Å². The van der Waals surface area contributed by atoms with Crippen LogP contribution in [0.4, 0.5) is 5.69 Å². The Morgan fingerprint density at radius 3 is 2.30 bits per heavy atom. The lowest BCUT2D eigenvalue weighted by atomic mass is 10.1. The lowest BCUT2D eigenvalue weighted by Crippen LogP contribution is -2.17. The normalized spacial score (nSPS) is 10.0. The van der Waals surface area contributed by atoms with Crippen molar-refractivity contribution >= 4 is 35.1 Å². The number of hydrogen-bond donors (Lipinski definition) is 2. The van der Waals surface area contributed by atoms with Crippen molar-refractivity contribution in [3.8, 4) is 0 Å². The number of ether oxygens (including phenoxy) is 1. The van der Waals surface area contributed by atoms with E-state index in [2.05, 4.69) is 10.1 Å². The van der Waals surface area contributed by atoms with Gasteiger partial charge in [-0.05, 0) is 30.3 Å². The highest BCUT2D eigenvalue weighted by Crippen LogP contribution is 2.21. The molecule has 2 aromatic rings. The van der Waals surface area contributed by atoms with Gasteiger partial charge in [0.15, 0.2) is 0 Å². The van der Waals surface area contributed by atoms with Crippen molar-refractivity contribution in [3.05, 3.63) is 64.2 Å². The van der Waals surface area contributed by atoms with Crippen LogP contribution in [0.2, 0.25) is 5.02 Å². The van der Waals surface area contributed by atoms with Crippen molar-refractivity contribution < 1.29 is 24.2 Å². The van der Waals surface area contributed by atoms with E-state index in [-0.39, 0.29) is 27.4 Å². The van der Waals surface area contributed by atoms with E-state index >= 15 is 0 Å². The number of halogens is 1. The molecular weight excluding hydrogens is 322 g/mol. The molecule has 7 heteroatoms. The molecule has 0 aliphatic rings. The predicted molar refractivity (Wildman–Crippen MR) is 84.1 cm³/mol. The average molecular weight is 334 g/mol. The number of carbonyl (C=O) groups excluding carboxylic acids is 2. The lowest BCUT2D eigenvalue weighted by Gasteiger charge is -2.10. The highest BCUT2D eigenvalue weighted by atomic mass is 35.5. The van der Waals surface area contributed by atoms with Gasteiger partial charge in [-0.3, -0.25) is 4.79 Å². The minimum atomic E-state index is -1.21. The Morgan fingerprint density at radius 2 is 1.70 bits per heavy atom. The molecule has 0 saturated carbocycles. The molecule has 0 spiro atoms. The number of rotatable bonds is 4. The lowest BCUT2D eigenvalue weighted by molar-refractivity contribution is 0.0596. The summed E-state index contributed by atoms with van der Waals surface area (Å²) in [4.78, 5) is 35.1. The number of benzene rings is 2. The molecule has 0 aromatic heterocycles. The summed E-state index contributed by atoms with van der Waals surface area (Å²) < 4.78 is 4.63. The van der Waals surface area contributed by atoms with E-state index in [0.717, 1.165) is 0 Å². The van der Waals surface area contributed by atoms with Crippen LogP contribution in [0.25, 0.3) is 0 Å². The molecule has 0 bridgehead atoms. The fourth-order valence-electron chi connectivity index (χ4n) is 1.93. The molecule has 2 rings (SSSR count). The zero-order valence-corrected chi connectivity index (χ0v) is 12.8. The molecule has 0 saturated heterocycles. The topological polar surface area (TPSA) is 92.7 Å². The second-order valence-corrected chi connectivity index (χ2v) is 4.90. The van der Waals surface area contributed by atoms with Crippen LogP contribution in [0.5, 0.6) is 0 Å². The van der Waals surface area contributed by atoms with Gasteiger partial charge >= 0.3 is 11.9 Å². The van der Waals surface area contributed by atoms with Gasteiger partial charge in [0.2, 0.25) is 0 Å². The molecule has 118 valence electrons. The maximum atomic E-state index is 12.3. The largest absolute Gasteiger partial charge is 0.478 e. The standard InChI is InChI=1S/C16H12ClNO5/c1-23-16(22)11-5-3-2-4-10(11)14(19)18-9-6-7-13(17)12(8-9)15(20)21/h2-8H,1H3,(H,18,19)(H,20,21). The number of carboxylic acid groups (broad SMARTS) is 1. The second kappa shape index (κ2) is 6.93. The van der Waals surface area contributed by atoms with Crippen LogP contribution in [0.15, 0.2) is 42.5 Å². The average Bonchev–Trinajstić information content (AvgIpc) is 2.55. The first kappa shape index (κ1) is 16.5. The molecule has 0 unspecified atom stereocenters. The number of methoxy groups -OCH3 is 1. The summed E-state index contributed by atoms with van der Waals surface area (Å²) in [5, 5.41) is 11.6. The zero-order chi connectivity index (χ0) is 17.0. The molecule has 2 aromatic carbocycles. The quantitative estimate of drug-likeness (QED) is 0.839. The van der Waals surface area contributed by atoms with Gasteiger partial charge in [-0.2, -0.15) is 0 Å². The van der Waals surface area contributed by atoms with Crippen LogP contribution in [-0.2, 0) is 4.74 Å². The molecule has 0 aliphatic heterocycles. The SMILES string of the molecule is COC(=O)c1ccccc1C(=O)Nc1ccc(Cl)c(C(=O)O)c1. The smallest absolute Gasteiger partial charge is 0.338 e. The van der Waals surface area contributed by atoms with Crippen molar-refractivity contribution in [3.63, 3.8) is 0 Å². The van der Waals surface area contributed by atoms with E-state index < -0.39 is 17.8 Å². The summed E-state index contributed by atoms with van der Waals surface area (Å²) in [6, 6.07) is 10.2. The highest BCUT2D eigenvalue weighted by Gasteiger charge is 2.18. The first-order chi connectivity index (χ1) is 10.9. The van der Waals surface area contributed by atoms with Crippen molar-refractivity contribution in [2.45, 2.75) is 0 Å². The Bertz CT molecular complexity index is 788. The van der Waals surface area contributed by atoms with Crippen molar-refractivity contribution in [1.82, 2.24) is 0 Å². The maximum Gasteiger partial charge on any atom is 0.338 e. The maximum absolute atomic E-state index is 12.3. The first-order valence-corrected chi connectivity index (χ1v) is 6.83. The fraction of sp³-hybridized carbons (Fsp3) is 0.0625. The van der Waals surface area contributed by atoms with Crippen LogP contribution >= 0.6 is 11.6 Å². The summed E-state index contributed by atoms with van der Waals surface area (Å²) >= 11 is 5.78. The summed E-state index contributed by atoms with van der Waals surface area (Å²) in [5.41, 5.74) is 0.341. The van der Waals surface area contributed by atoms with Gasteiger partial charge in [-0.25, -0.2) is 9.59 Å². The molecule has 0 aliphatic carbocycles. The monoisotopic (exact) mass is 333 g/mol. The minimum Gasteiger partial charge on any atom is -0.478 e. The van der Waals surface area contributed by atoms with Crippen LogP contribution in [-0.4, -0.2) is 30.1 Å². The summed E-state index contributed by atoms with van der Waals surface area (Å²) in [6.45, 7) is 0. The Kier molecular flexibility index (Phi) is 4.98. The van der Waals surface area contributed by atoms with E-state index in [1.165, 1.54) is 37.4 Å². The van der Waals surface area contributed by atoms with Gasteiger partial charge in [0, 0.05) is 5.69 Å². The molecule has 0 heterocycles. The van der Waals surface area contributed by atoms with Crippen molar-refractivity contribution in [1.29, 1.82) is 0 Å². The number of hydrogen-bond acceptors (Lipinski definition) is 4. The Hall–Kier alpha value is -2.86.